The maximum atomic E-state index is 12.9. The second-order valence-electron chi connectivity index (χ2n) is 5.61. The Labute approximate surface area is 122 Å². The van der Waals surface area contributed by atoms with Crippen LogP contribution in [-0.2, 0) is 9.53 Å². The number of ether oxygens (including phenoxy) is 2. The number of halogens is 2. The lowest BCUT2D eigenvalue weighted by molar-refractivity contribution is -0.157. The van der Waals surface area contributed by atoms with Crippen LogP contribution in [0.4, 0.5) is 8.78 Å². The monoisotopic (exact) mass is 302 g/mol. The molecule has 2 unspecified atom stereocenters. The van der Waals surface area contributed by atoms with Gasteiger partial charge in [0.1, 0.15) is 17.3 Å². The van der Waals surface area contributed by atoms with Crippen molar-refractivity contribution in [3.8, 4) is 5.75 Å². The van der Waals surface area contributed by atoms with Crippen molar-refractivity contribution in [3.63, 3.8) is 0 Å². The fourth-order valence-corrected chi connectivity index (χ4v) is 1.80. The smallest absolute Gasteiger partial charge is 0.317 e. The van der Waals surface area contributed by atoms with Gasteiger partial charge >= 0.3 is 5.97 Å². The Morgan fingerprint density at radius 1 is 1.19 bits per heavy atom. The van der Waals surface area contributed by atoms with E-state index in [1.807, 2.05) is 20.8 Å². The molecular weight excluding hydrogens is 282 g/mol. The van der Waals surface area contributed by atoms with Crippen molar-refractivity contribution in [2.75, 3.05) is 7.11 Å². The molecule has 1 rings (SSSR count). The Kier molecular flexibility index (Phi) is 5.66. The summed E-state index contributed by atoms with van der Waals surface area (Å²) in [5, 5.41) is 9.95. The molecule has 0 spiro atoms. The average molecular weight is 302 g/mol. The fourth-order valence-electron chi connectivity index (χ4n) is 1.80. The van der Waals surface area contributed by atoms with E-state index in [0.717, 1.165) is 7.11 Å². The number of rotatable bonds is 5. The molecule has 6 heteroatoms. The van der Waals surface area contributed by atoms with Crippen LogP contribution in [0, 0.1) is 5.92 Å². The molecule has 0 aliphatic rings. The largest absolute Gasteiger partial charge is 0.488 e. The van der Waals surface area contributed by atoms with Gasteiger partial charge < -0.3 is 14.6 Å². The highest BCUT2D eigenvalue weighted by molar-refractivity contribution is 5.73. The third-order valence-corrected chi connectivity index (χ3v) is 2.73. The molecule has 21 heavy (non-hydrogen) atoms. The summed E-state index contributed by atoms with van der Waals surface area (Å²) in [6.07, 6.45) is -4.65. The lowest BCUT2D eigenvalue weighted by Crippen LogP contribution is -2.30. The number of carbonyl (C=O) groups is 1. The summed E-state index contributed by atoms with van der Waals surface area (Å²) in [6.45, 7) is 5.62. The van der Waals surface area contributed by atoms with E-state index in [1.54, 1.807) is 12.1 Å². The molecule has 0 aromatic heterocycles. The molecule has 0 aliphatic carbocycles. The topological polar surface area (TPSA) is 55.8 Å². The summed E-state index contributed by atoms with van der Waals surface area (Å²) in [5.74, 6) is -2.51. The molecule has 0 amide bonds. The Morgan fingerprint density at radius 3 is 2.10 bits per heavy atom. The van der Waals surface area contributed by atoms with Crippen molar-refractivity contribution in [1.82, 2.24) is 0 Å². The summed E-state index contributed by atoms with van der Waals surface area (Å²) in [5.41, 5.74) is -0.190. The lowest BCUT2D eigenvalue weighted by Gasteiger charge is -2.23. The summed E-state index contributed by atoms with van der Waals surface area (Å²) < 4.78 is 35.7. The van der Waals surface area contributed by atoms with Crippen LogP contribution in [-0.4, -0.2) is 30.2 Å². The maximum absolute atomic E-state index is 12.9. The zero-order valence-corrected chi connectivity index (χ0v) is 12.5. The second-order valence-corrected chi connectivity index (χ2v) is 5.61. The van der Waals surface area contributed by atoms with E-state index in [-0.39, 0.29) is 5.56 Å². The van der Waals surface area contributed by atoms with Crippen molar-refractivity contribution in [2.45, 2.75) is 38.9 Å². The van der Waals surface area contributed by atoms with E-state index < -0.39 is 30.0 Å². The highest BCUT2D eigenvalue weighted by Gasteiger charge is 2.37. The van der Waals surface area contributed by atoms with Crippen molar-refractivity contribution in [3.05, 3.63) is 29.8 Å². The minimum absolute atomic E-state index is 0.201. The maximum Gasteiger partial charge on any atom is 0.317 e. The number of hydrogen-bond donors (Lipinski definition) is 1. The first kappa shape index (κ1) is 17.4. The molecule has 118 valence electrons. The number of esters is 1. The average Bonchev–Trinajstić information content (AvgIpc) is 2.37. The van der Waals surface area contributed by atoms with Crippen LogP contribution in [0.1, 0.15) is 32.4 Å². The molecule has 0 saturated carbocycles. The van der Waals surface area contributed by atoms with Gasteiger partial charge in [0.05, 0.1) is 13.2 Å². The van der Waals surface area contributed by atoms with E-state index in [0.29, 0.717) is 5.75 Å². The van der Waals surface area contributed by atoms with Gasteiger partial charge in [0.15, 0.2) is 0 Å². The van der Waals surface area contributed by atoms with Crippen molar-refractivity contribution >= 4 is 5.97 Å². The van der Waals surface area contributed by atoms with Crippen molar-refractivity contribution in [1.29, 1.82) is 0 Å². The van der Waals surface area contributed by atoms with Gasteiger partial charge in [0.25, 0.3) is 6.43 Å². The third-order valence-electron chi connectivity index (χ3n) is 2.73. The lowest BCUT2D eigenvalue weighted by atomic mass is 9.96. The van der Waals surface area contributed by atoms with Crippen LogP contribution >= 0.6 is 0 Å². The molecule has 0 saturated heterocycles. The molecule has 0 heterocycles. The minimum Gasteiger partial charge on any atom is -0.488 e. The first-order chi connectivity index (χ1) is 9.65. The first-order valence-corrected chi connectivity index (χ1v) is 6.48. The van der Waals surface area contributed by atoms with E-state index in [9.17, 15) is 18.7 Å². The Bertz CT molecular complexity index is 466. The van der Waals surface area contributed by atoms with Crippen molar-refractivity contribution in [2.24, 2.45) is 5.92 Å². The number of benzene rings is 1. The number of methoxy groups -OCH3 is 1. The van der Waals surface area contributed by atoms with Crippen molar-refractivity contribution < 1.29 is 28.2 Å². The minimum atomic E-state index is -3.02. The van der Waals surface area contributed by atoms with Gasteiger partial charge in [-0.1, -0.05) is 12.1 Å². The first-order valence-electron chi connectivity index (χ1n) is 6.48. The van der Waals surface area contributed by atoms with Gasteiger partial charge in [-0.2, -0.15) is 0 Å². The Morgan fingerprint density at radius 2 is 1.71 bits per heavy atom. The van der Waals surface area contributed by atoms with Crippen LogP contribution in [0.15, 0.2) is 24.3 Å². The van der Waals surface area contributed by atoms with Gasteiger partial charge in [-0.05, 0) is 38.5 Å². The van der Waals surface area contributed by atoms with E-state index >= 15 is 0 Å². The molecule has 1 aromatic rings. The SMILES string of the molecule is COC(=O)C(C(F)F)C(O)c1ccc(OC(C)(C)C)cc1. The Balaban J connectivity index is 2.91. The van der Waals surface area contributed by atoms with E-state index in [2.05, 4.69) is 4.74 Å². The molecule has 0 aliphatic heterocycles. The normalized spacial score (nSPS) is 14.7. The van der Waals surface area contributed by atoms with E-state index in [1.165, 1.54) is 12.1 Å². The quantitative estimate of drug-likeness (QED) is 0.850. The van der Waals surface area contributed by atoms with Crippen LogP contribution in [0.3, 0.4) is 0 Å². The number of alkyl halides is 2. The van der Waals surface area contributed by atoms with Gasteiger partial charge in [-0.3, -0.25) is 4.79 Å². The molecule has 1 aromatic carbocycles. The molecule has 0 bridgehead atoms. The molecule has 0 radical (unpaired) electrons. The fraction of sp³-hybridized carbons (Fsp3) is 0.533. The number of aliphatic hydroxyl groups excluding tert-OH is 1. The van der Waals surface area contributed by atoms with Gasteiger partial charge in [0, 0.05) is 0 Å². The summed E-state index contributed by atoms with van der Waals surface area (Å²) in [6, 6.07) is 6.02. The molecule has 1 N–H and O–H groups in total. The second kappa shape index (κ2) is 6.85. The summed E-state index contributed by atoms with van der Waals surface area (Å²) >= 11 is 0. The summed E-state index contributed by atoms with van der Waals surface area (Å²) in [4.78, 5) is 11.3. The third kappa shape index (κ3) is 4.97. The standard InChI is InChI=1S/C15H20F2O4/c1-15(2,3)21-10-7-5-9(6-8-10)12(18)11(13(16)17)14(19)20-4/h5-8,11-13,18H,1-4H3. The van der Waals surface area contributed by atoms with Gasteiger partial charge in [-0.25, -0.2) is 8.78 Å². The Hall–Kier alpha value is -1.69. The summed E-state index contributed by atoms with van der Waals surface area (Å²) in [7, 11) is 1.00. The molecule has 2 atom stereocenters. The number of carbonyl (C=O) groups excluding carboxylic acids is 1. The highest BCUT2D eigenvalue weighted by Crippen LogP contribution is 2.30. The van der Waals surface area contributed by atoms with Gasteiger partial charge in [0.2, 0.25) is 0 Å². The molecule has 0 fully saturated rings. The zero-order chi connectivity index (χ0) is 16.2. The molecule has 4 nitrogen and oxygen atoms in total. The number of aliphatic hydroxyl groups is 1. The predicted molar refractivity (Wildman–Crippen MR) is 73.3 cm³/mol. The van der Waals surface area contributed by atoms with Crippen LogP contribution in [0.25, 0.3) is 0 Å². The van der Waals surface area contributed by atoms with Crippen LogP contribution in [0.5, 0.6) is 5.75 Å². The van der Waals surface area contributed by atoms with Crippen LogP contribution < -0.4 is 4.74 Å². The van der Waals surface area contributed by atoms with Gasteiger partial charge in [-0.15, -0.1) is 0 Å². The van der Waals surface area contributed by atoms with E-state index in [4.69, 9.17) is 4.74 Å². The molecular formula is C15H20F2O4. The van der Waals surface area contributed by atoms with Crippen LogP contribution in [0.2, 0.25) is 0 Å². The highest BCUT2D eigenvalue weighted by atomic mass is 19.3. The zero-order valence-electron chi connectivity index (χ0n) is 12.5. The number of hydrogen-bond acceptors (Lipinski definition) is 4. The predicted octanol–water partition coefficient (Wildman–Crippen LogP) is 2.95.